The van der Waals surface area contributed by atoms with Crippen LogP contribution in [0, 0.1) is 6.92 Å². The van der Waals surface area contributed by atoms with Crippen molar-refractivity contribution in [3.05, 3.63) is 118 Å². The summed E-state index contributed by atoms with van der Waals surface area (Å²) in [6.45, 7) is 15.0. The molecule has 52 heavy (non-hydrogen) atoms. The predicted octanol–water partition coefficient (Wildman–Crippen LogP) is 6.97. The Morgan fingerprint density at radius 2 is 1.27 bits per heavy atom. The molecule has 1 unspecified atom stereocenters. The van der Waals surface area contributed by atoms with Crippen molar-refractivity contribution in [2.45, 2.75) is 57.5 Å². The van der Waals surface area contributed by atoms with Crippen molar-refractivity contribution in [3.63, 3.8) is 0 Å². The summed E-state index contributed by atoms with van der Waals surface area (Å²) in [7, 11) is 4.99. The highest BCUT2D eigenvalue weighted by Gasteiger charge is 2.52. The van der Waals surface area contributed by atoms with Gasteiger partial charge in [-0.3, -0.25) is 4.90 Å². The monoisotopic (exact) mass is 726 g/mol. The Labute approximate surface area is 315 Å². The van der Waals surface area contributed by atoms with Crippen LogP contribution in [-0.4, -0.2) is 94.8 Å². The molecule has 0 aromatic heterocycles. The van der Waals surface area contributed by atoms with Crippen LogP contribution < -0.4 is 19.7 Å². The summed E-state index contributed by atoms with van der Waals surface area (Å²) in [5, 5.41) is 0.537. The molecule has 2 saturated heterocycles. The molecule has 6 rings (SSSR count). The number of methoxy groups -OCH3 is 2. The van der Waals surface area contributed by atoms with Gasteiger partial charge in [-0.2, -0.15) is 0 Å². The number of hydrogen-bond acceptors (Lipinski definition) is 8. The molecule has 4 aromatic carbocycles. The first-order chi connectivity index (χ1) is 24.9. The van der Waals surface area contributed by atoms with Gasteiger partial charge < -0.3 is 33.2 Å². The van der Waals surface area contributed by atoms with Crippen LogP contribution in [0.5, 0.6) is 17.2 Å². The van der Waals surface area contributed by atoms with Gasteiger partial charge in [-0.25, -0.2) is 0 Å². The Balaban J connectivity index is 1.37. The molecule has 0 N–H and O–H groups in total. The van der Waals surface area contributed by atoms with E-state index in [2.05, 4.69) is 80.9 Å². The molecule has 0 bridgehead atoms. The van der Waals surface area contributed by atoms with Gasteiger partial charge in [0.1, 0.15) is 29.0 Å². The van der Waals surface area contributed by atoms with Gasteiger partial charge in [-0.05, 0) is 99.7 Å². The normalized spacial score (nSPS) is 18.3. The van der Waals surface area contributed by atoms with E-state index in [4.69, 9.17) is 39.9 Å². The van der Waals surface area contributed by atoms with Crippen molar-refractivity contribution in [3.8, 4) is 17.2 Å². The Bertz CT molecular complexity index is 1720. The molecule has 2 aliphatic rings. The number of hydrogen-bond donors (Lipinski definition) is 0. The highest BCUT2D eigenvalue weighted by Crippen LogP contribution is 2.42. The Kier molecular flexibility index (Phi) is 11.6. The molecule has 0 spiro atoms. The van der Waals surface area contributed by atoms with E-state index in [1.165, 1.54) is 0 Å². The van der Waals surface area contributed by atoms with Gasteiger partial charge in [0.25, 0.3) is 0 Å². The Hall–Kier alpha value is -3.57. The number of likely N-dealkylation sites (N-methyl/N-ethyl adjacent to an activating group) is 1. The molecular weight excluding hydrogens is 675 g/mol. The number of halogens is 1. The first kappa shape index (κ1) is 38.2. The minimum Gasteiger partial charge on any atom is -0.497 e. The predicted molar refractivity (Wildman–Crippen MR) is 209 cm³/mol. The summed E-state index contributed by atoms with van der Waals surface area (Å²) in [5.74, 6) is 2.14. The quantitative estimate of drug-likeness (QED) is 0.108. The van der Waals surface area contributed by atoms with Gasteiger partial charge in [-0.1, -0.05) is 72.3 Å². The maximum Gasteiger partial charge on any atom is 0.495 e. The van der Waals surface area contributed by atoms with Crippen molar-refractivity contribution >= 4 is 24.2 Å². The van der Waals surface area contributed by atoms with Crippen LogP contribution >= 0.6 is 11.6 Å². The maximum absolute atomic E-state index is 7.33. The van der Waals surface area contributed by atoms with Crippen LogP contribution in [0.25, 0.3) is 0 Å². The number of benzene rings is 4. The lowest BCUT2D eigenvalue weighted by molar-refractivity contribution is -0.0410. The third kappa shape index (κ3) is 7.86. The van der Waals surface area contributed by atoms with Crippen molar-refractivity contribution < 1.29 is 28.3 Å². The Morgan fingerprint density at radius 3 is 1.79 bits per heavy atom. The number of nitrogens with zero attached hydrogens (tertiary/aromatic N) is 2. The minimum atomic E-state index is -0.982. The second kappa shape index (κ2) is 15.8. The van der Waals surface area contributed by atoms with Crippen molar-refractivity contribution in [1.82, 2.24) is 9.80 Å². The molecule has 276 valence electrons. The van der Waals surface area contributed by atoms with Gasteiger partial charge in [0, 0.05) is 32.7 Å². The lowest BCUT2D eigenvalue weighted by Gasteiger charge is -2.39. The largest absolute Gasteiger partial charge is 0.497 e. The van der Waals surface area contributed by atoms with Crippen LogP contribution in [-0.2, 0) is 19.6 Å². The molecule has 2 aliphatic heterocycles. The van der Waals surface area contributed by atoms with E-state index < -0.39 is 23.9 Å². The zero-order chi connectivity index (χ0) is 37.1. The van der Waals surface area contributed by atoms with E-state index in [1.54, 1.807) is 14.2 Å². The van der Waals surface area contributed by atoms with Crippen LogP contribution in [0.4, 0.5) is 0 Å². The fourth-order valence-electron chi connectivity index (χ4n) is 6.91. The van der Waals surface area contributed by atoms with Crippen LogP contribution in [0.3, 0.4) is 0 Å². The van der Waals surface area contributed by atoms with E-state index in [1.807, 2.05) is 61.5 Å². The van der Waals surface area contributed by atoms with E-state index in [0.717, 1.165) is 65.4 Å². The summed E-state index contributed by atoms with van der Waals surface area (Å²) < 4.78 is 38.1. The fraction of sp³-hybridized carbons (Fsp3) is 0.429. The first-order valence-corrected chi connectivity index (χ1v) is 18.5. The summed E-state index contributed by atoms with van der Waals surface area (Å²) in [6, 6.07) is 30.5. The average molecular weight is 727 g/mol. The van der Waals surface area contributed by atoms with Gasteiger partial charge in [0.05, 0.1) is 37.1 Å². The smallest absolute Gasteiger partial charge is 0.495 e. The van der Waals surface area contributed by atoms with E-state index in [0.29, 0.717) is 17.3 Å². The fourth-order valence-corrected chi connectivity index (χ4v) is 7.12. The average Bonchev–Trinajstić information content (AvgIpc) is 3.37. The first-order valence-electron chi connectivity index (χ1n) is 18.1. The van der Waals surface area contributed by atoms with Gasteiger partial charge in [0.2, 0.25) is 0 Å². The Morgan fingerprint density at radius 1 is 0.750 bits per heavy atom. The molecule has 0 saturated carbocycles. The summed E-state index contributed by atoms with van der Waals surface area (Å²) in [5.41, 5.74) is 2.77. The summed E-state index contributed by atoms with van der Waals surface area (Å²) in [4.78, 5) is 4.80. The standard InChI is InChI=1S/C42H52BClN2O6/c1-30-37(43-51-40(2,3)41(4,5)52-43)22-23-38(39(30)44)50-36(28-46-26-24-45(6)25-27-46)29-49-42(31-12-10-9-11-13-31,32-14-18-34(47-7)19-15-32)33-16-20-35(48-8)21-17-33/h9-23,36H,24-29H2,1-8H3. The number of ether oxygens (including phenoxy) is 4. The molecule has 0 aliphatic carbocycles. The summed E-state index contributed by atoms with van der Waals surface area (Å²) >= 11 is 7.14. The molecule has 2 heterocycles. The SMILES string of the molecule is COc1ccc(C(OCC(CN2CCN(C)CC2)Oc2ccc(B3OC(C)(C)C(C)(C)O3)c(C)c2Cl)(c2ccccc2)c2ccc(OC)cc2)cc1. The molecule has 0 amide bonds. The van der Waals surface area contributed by atoms with Crippen molar-refractivity contribution in [2.24, 2.45) is 0 Å². The number of rotatable bonds is 13. The minimum absolute atomic E-state index is 0.271. The highest BCUT2D eigenvalue weighted by molar-refractivity contribution is 6.63. The lowest BCUT2D eigenvalue weighted by atomic mass is 9.76. The number of piperazine rings is 1. The highest BCUT2D eigenvalue weighted by atomic mass is 35.5. The molecule has 2 fully saturated rings. The zero-order valence-corrected chi connectivity index (χ0v) is 32.5. The lowest BCUT2D eigenvalue weighted by Crippen LogP contribution is -2.49. The second-order valence-corrected chi connectivity index (χ2v) is 15.2. The molecule has 8 nitrogen and oxygen atoms in total. The van der Waals surface area contributed by atoms with Gasteiger partial charge in [-0.15, -0.1) is 0 Å². The van der Waals surface area contributed by atoms with Crippen molar-refractivity contribution in [1.29, 1.82) is 0 Å². The molecule has 4 aromatic rings. The zero-order valence-electron chi connectivity index (χ0n) is 31.8. The molecule has 10 heteroatoms. The third-order valence-electron chi connectivity index (χ3n) is 10.9. The van der Waals surface area contributed by atoms with Crippen LogP contribution in [0.2, 0.25) is 5.02 Å². The van der Waals surface area contributed by atoms with Gasteiger partial charge >= 0.3 is 7.12 Å². The third-order valence-corrected chi connectivity index (χ3v) is 11.4. The van der Waals surface area contributed by atoms with Gasteiger partial charge in [0.15, 0.2) is 0 Å². The van der Waals surface area contributed by atoms with Crippen LogP contribution in [0.1, 0.15) is 49.9 Å². The molecule has 0 radical (unpaired) electrons. The molecular formula is C42H52BClN2O6. The van der Waals surface area contributed by atoms with Crippen LogP contribution in [0.15, 0.2) is 91.0 Å². The summed E-state index contributed by atoms with van der Waals surface area (Å²) in [6.07, 6.45) is -0.359. The van der Waals surface area contributed by atoms with E-state index in [9.17, 15) is 0 Å². The van der Waals surface area contributed by atoms with Crippen molar-refractivity contribution in [2.75, 3.05) is 60.6 Å². The topological polar surface area (TPSA) is 61.9 Å². The van der Waals surface area contributed by atoms with E-state index in [-0.39, 0.29) is 12.7 Å². The molecule has 1 atom stereocenters. The second-order valence-electron chi connectivity index (χ2n) is 14.8. The maximum atomic E-state index is 7.33. The van der Waals surface area contributed by atoms with E-state index >= 15 is 0 Å².